The van der Waals surface area contributed by atoms with Crippen molar-refractivity contribution in [2.45, 2.75) is 58.9 Å². The topological polar surface area (TPSA) is 55.4 Å². The molecule has 0 aromatic rings. The summed E-state index contributed by atoms with van der Waals surface area (Å²) in [6.45, 7) is 18.2. The Kier molecular flexibility index (Phi) is 5.73. The van der Waals surface area contributed by atoms with Gasteiger partial charge in [-0.05, 0) is 52.4 Å². The molecule has 126 valence electrons. The number of hydrogen-bond acceptors (Lipinski definition) is 6. The molecular weight excluding hydrogens is 357 g/mol. The van der Waals surface area contributed by atoms with Crippen molar-refractivity contribution in [1.82, 2.24) is 0 Å². The first-order valence-electron chi connectivity index (χ1n) is 7.15. The van der Waals surface area contributed by atoms with Crippen molar-refractivity contribution in [3.8, 4) is 0 Å². The van der Waals surface area contributed by atoms with Crippen LogP contribution in [0, 0.1) is 0 Å². The van der Waals surface area contributed by atoms with Gasteiger partial charge in [-0.1, -0.05) is 0 Å². The van der Waals surface area contributed by atoms with Crippen molar-refractivity contribution in [1.29, 1.82) is 0 Å². The lowest BCUT2D eigenvalue weighted by Gasteiger charge is -2.46. The molecule has 0 saturated carbocycles. The highest BCUT2D eigenvalue weighted by Gasteiger charge is 2.53. The molecule has 11 heteroatoms. The van der Waals surface area contributed by atoms with Crippen molar-refractivity contribution in [2.24, 2.45) is 0 Å². The zero-order valence-corrected chi connectivity index (χ0v) is 19.9. The Morgan fingerprint density at radius 2 is 0.714 bits per heavy atom. The second kappa shape index (κ2) is 6.05. The van der Waals surface area contributed by atoms with Gasteiger partial charge in [-0.3, -0.25) is 0 Å². The maximum Gasteiger partial charge on any atom is 0.479 e. The van der Waals surface area contributed by atoms with E-state index in [1.165, 1.54) is 0 Å². The van der Waals surface area contributed by atoms with Gasteiger partial charge in [0.15, 0.2) is 0 Å². The van der Waals surface area contributed by atoms with Crippen molar-refractivity contribution < 1.29 is 25.0 Å². The fraction of sp³-hybridized carbons (Fsp3) is 1.00. The van der Waals surface area contributed by atoms with Crippen LogP contribution in [0.5, 0.6) is 0 Å². The SMILES string of the molecule is CO[Si]1(C)O[Si](C)(C)O[Si](C)(C)O[Si](C)(C)O[Si](C)(C)O1. The van der Waals surface area contributed by atoms with Gasteiger partial charge in [0.05, 0.1) is 0 Å². The van der Waals surface area contributed by atoms with Crippen molar-refractivity contribution in [3.63, 3.8) is 0 Å². The molecule has 1 rings (SSSR count). The molecule has 1 saturated heterocycles. The van der Waals surface area contributed by atoms with E-state index in [1.807, 2.05) is 58.9 Å². The molecule has 0 bridgehead atoms. The predicted octanol–water partition coefficient (Wildman–Crippen LogP) is 3.11. The molecule has 21 heavy (non-hydrogen) atoms. The molecule has 0 amide bonds. The van der Waals surface area contributed by atoms with Gasteiger partial charge in [0.1, 0.15) is 0 Å². The van der Waals surface area contributed by atoms with Crippen LogP contribution in [0.2, 0.25) is 58.9 Å². The Hall–Kier alpha value is 0.844. The Balaban J connectivity index is 3.20. The average Bonchev–Trinajstić information content (AvgIpc) is 2.06. The molecule has 0 unspecified atom stereocenters. The van der Waals surface area contributed by atoms with E-state index in [9.17, 15) is 0 Å². The van der Waals surface area contributed by atoms with Gasteiger partial charge in [-0.2, -0.15) is 0 Å². The van der Waals surface area contributed by atoms with E-state index in [0.29, 0.717) is 0 Å². The van der Waals surface area contributed by atoms with E-state index in [1.54, 1.807) is 7.11 Å². The molecule has 1 heterocycles. The summed E-state index contributed by atoms with van der Waals surface area (Å²) in [5.74, 6) is 0. The molecule has 0 atom stereocenters. The van der Waals surface area contributed by atoms with E-state index in [4.69, 9.17) is 25.0 Å². The summed E-state index contributed by atoms with van der Waals surface area (Å²) in [6.07, 6.45) is 0. The Morgan fingerprint density at radius 3 is 0.952 bits per heavy atom. The molecular formula is C10H30O6Si5. The summed E-state index contributed by atoms with van der Waals surface area (Å²) >= 11 is 0. The van der Waals surface area contributed by atoms with E-state index in [-0.39, 0.29) is 0 Å². The number of hydrogen-bond donors (Lipinski definition) is 0. The van der Waals surface area contributed by atoms with E-state index in [2.05, 4.69) is 0 Å². The zero-order valence-electron chi connectivity index (χ0n) is 14.9. The first kappa shape index (κ1) is 19.9. The third kappa shape index (κ3) is 6.46. The molecule has 0 aromatic heterocycles. The molecule has 0 radical (unpaired) electrons. The summed E-state index contributed by atoms with van der Waals surface area (Å²) in [7, 11) is -10.6. The molecule has 0 spiro atoms. The van der Waals surface area contributed by atoms with E-state index in [0.717, 1.165) is 0 Å². The minimum Gasteiger partial charge on any atom is -0.416 e. The van der Waals surface area contributed by atoms with Crippen LogP contribution < -0.4 is 0 Å². The van der Waals surface area contributed by atoms with Crippen molar-refractivity contribution in [3.05, 3.63) is 0 Å². The fourth-order valence-electron chi connectivity index (χ4n) is 2.86. The van der Waals surface area contributed by atoms with Gasteiger partial charge in [0.25, 0.3) is 0 Å². The quantitative estimate of drug-likeness (QED) is 0.645. The van der Waals surface area contributed by atoms with Crippen molar-refractivity contribution >= 4 is 43.0 Å². The maximum absolute atomic E-state index is 6.29. The molecule has 1 fully saturated rings. The molecule has 6 nitrogen and oxygen atoms in total. The first-order valence-corrected chi connectivity index (χ1v) is 20.6. The van der Waals surface area contributed by atoms with Crippen LogP contribution >= 0.6 is 0 Å². The van der Waals surface area contributed by atoms with Gasteiger partial charge >= 0.3 is 43.0 Å². The molecule has 1 aliphatic heterocycles. The smallest absolute Gasteiger partial charge is 0.416 e. The minimum atomic E-state index is -2.78. The van der Waals surface area contributed by atoms with Gasteiger partial charge in [-0.25, -0.2) is 0 Å². The highest BCUT2D eigenvalue weighted by atomic mass is 28.5. The zero-order chi connectivity index (χ0) is 16.7. The molecule has 0 aliphatic carbocycles. The lowest BCUT2D eigenvalue weighted by atomic mass is 11.8. The molecule has 0 N–H and O–H groups in total. The lowest BCUT2D eigenvalue weighted by molar-refractivity contribution is 0.160. The number of rotatable bonds is 1. The third-order valence-corrected chi connectivity index (χ3v) is 22.1. The van der Waals surface area contributed by atoms with Crippen LogP contribution in [0.1, 0.15) is 0 Å². The van der Waals surface area contributed by atoms with Crippen LogP contribution in [0.15, 0.2) is 0 Å². The predicted molar refractivity (Wildman–Crippen MR) is 94.0 cm³/mol. The summed E-state index contributed by atoms with van der Waals surface area (Å²) < 4.78 is 36.9. The van der Waals surface area contributed by atoms with Crippen LogP contribution in [0.3, 0.4) is 0 Å². The summed E-state index contributed by atoms with van der Waals surface area (Å²) in [6, 6.07) is 0. The van der Waals surface area contributed by atoms with Gasteiger partial charge in [-0.15, -0.1) is 0 Å². The van der Waals surface area contributed by atoms with Crippen LogP contribution in [-0.2, 0) is 25.0 Å². The van der Waals surface area contributed by atoms with Crippen LogP contribution in [-0.4, -0.2) is 50.2 Å². The monoisotopic (exact) mass is 386 g/mol. The maximum atomic E-state index is 6.29. The summed E-state index contributed by atoms with van der Waals surface area (Å²) in [5.41, 5.74) is 0. The third-order valence-electron chi connectivity index (χ3n) is 2.71. The summed E-state index contributed by atoms with van der Waals surface area (Å²) in [5, 5.41) is 0. The highest BCUT2D eigenvalue weighted by molar-refractivity contribution is 6.92. The van der Waals surface area contributed by atoms with Crippen molar-refractivity contribution in [2.75, 3.05) is 7.11 Å². The lowest BCUT2D eigenvalue weighted by Crippen LogP contribution is -2.65. The molecule has 1 aliphatic rings. The standard InChI is InChI=1S/C10H30O6Si5/c1-11-21(10)15-19(6,7)13-17(2,3)12-18(4,5)14-20(8,9)16-21/h1-10H3. The Bertz CT molecular complexity index is 356. The minimum absolute atomic E-state index is 1.63. The highest BCUT2D eigenvalue weighted by Crippen LogP contribution is 2.30. The Labute approximate surface area is 134 Å². The van der Waals surface area contributed by atoms with Gasteiger partial charge < -0.3 is 25.0 Å². The second-order valence-electron chi connectivity index (χ2n) is 7.18. The summed E-state index contributed by atoms with van der Waals surface area (Å²) in [4.78, 5) is 0. The second-order valence-corrected chi connectivity index (χ2v) is 24.6. The van der Waals surface area contributed by atoms with E-state index < -0.39 is 43.0 Å². The molecule has 0 aromatic carbocycles. The van der Waals surface area contributed by atoms with Crippen LogP contribution in [0.25, 0.3) is 0 Å². The van der Waals surface area contributed by atoms with Gasteiger partial charge in [0.2, 0.25) is 0 Å². The van der Waals surface area contributed by atoms with E-state index >= 15 is 0 Å². The Morgan fingerprint density at radius 1 is 0.476 bits per heavy atom. The van der Waals surface area contributed by atoms with Crippen LogP contribution in [0.4, 0.5) is 0 Å². The van der Waals surface area contributed by atoms with Gasteiger partial charge in [0, 0.05) is 13.7 Å². The first-order chi connectivity index (χ1) is 9.10. The fourth-order valence-corrected chi connectivity index (χ4v) is 27.6. The normalized spacial score (nSPS) is 30.6. The largest absolute Gasteiger partial charge is 0.479 e. The average molecular weight is 387 g/mol.